The summed E-state index contributed by atoms with van der Waals surface area (Å²) >= 11 is 0. The minimum Gasteiger partial charge on any atom is -0.444 e. The lowest BCUT2D eigenvalue weighted by atomic mass is 10.0. The van der Waals surface area contributed by atoms with Crippen LogP contribution in [0.3, 0.4) is 0 Å². The SMILES string of the molecule is CC(C)(C)OC(=O)N1CCCC[C@H]1C[S@@](=O)c1nc2ccccc2[nH]1. The Morgan fingerprint density at radius 2 is 2.12 bits per heavy atom. The molecule has 6 nitrogen and oxygen atoms in total. The number of imidazole rings is 1. The third kappa shape index (κ3) is 4.39. The van der Waals surface area contributed by atoms with E-state index < -0.39 is 16.4 Å². The van der Waals surface area contributed by atoms with Crippen LogP contribution in [0.25, 0.3) is 11.0 Å². The van der Waals surface area contributed by atoms with Crippen molar-refractivity contribution in [1.29, 1.82) is 0 Å². The molecular weight excluding hydrogens is 338 g/mol. The first kappa shape index (κ1) is 17.9. The molecule has 25 heavy (non-hydrogen) atoms. The van der Waals surface area contributed by atoms with Gasteiger partial charge in [0.05, 0.1) is 27.6 Å². The highest BCUT2D eigenvalue weighted by atomic mass is 32.2. The first-order chi connectivity index (χ1) is 11.8. The molecule has 2 heterocycles. The molecule has 0 saturated carbocycles. The van der Waals surface area contributed by atoms with E-state index in [9.17, 15) is 9.00 Å². The molecule has 1 N–H and O–H groups in total. The quantitative estimate of drug-likeness (QED) is 0.906. The monoisotopic (exact) mass is 363 g/mol. The van der Waals surface area contributed by atoms with Crippen LogP contribution in [0.5, 0.6) is 0 Å². The molecule has 1 aliphatic rings. The van der Waals surface area contributed by atoms with E-state index in [-0.39, 0.29) is 12.1 Å². The second-order valence-corrected chi connectivity index (χ2v) is 8.81. The van der Waals surface area contributed by atoms with E-state index in [4.69, 9.17) is 4.74 Å². The van der Waals surface area contributed by atoms with Gasteiger partial charge in [-0.3, -0.25) is 4.21 Å². The molecule has 3 rings (SSSR count). The van der Waals surface area contributed by atoms with Gasteiger partial charge in [-0.15, -0.1) is 0 Å². The van der Waals surface area contributed by atoms with Crippen LogP contribution in [0.2, 0.25) is 0 Å². The number of ether oxygens (including phenoxy) is 1. The highest BCUT2D eigenvalue weighted by Crippen LogP contribution is 2.22. The molecule has 2 atom stereocenters. The van der Waals surface area contributed by atoms with Crippen LogP contribution in [-0.2, 0) is 15.5 Å². The minimum atomic E-state index is -1.29. The van der Waals surface area contributed by atoms with Crippen molar-refractivity contribution in [3.05, 3.63) is 24.3 Å². The Hall–Kier alpha value is -1.89. The van der Waals surface area contributed by atoms with Crippen molar-refractivity contribution < 1.29 is 13.7 Å². The number of piperidine rings is 1. The molecule has 1 amide bonds. The number of rotatable bonds is 3. The molecular formula is C18H25N3O3S. The Balaban J connectivity index is 1.72. The smallest absolute Gasteiger partial charge is 0.410 e. The average molecular weight is 363 g/mol. The second kappa shape index (κ2) is 7.15. The summed E-state index contributed by atoms with van der Waals surface area (Å²) in [7, 11) is -1.29. The molecule has 1 aromatic heterocycles. The Morgan fingerprint density at radius 3 is 2.84 bits per heavy atom. The lowest BCUT2D eigenvalue weighted by molar-refractivity contribution is 0.0125. The maximum absolute atomic E-state index is 12.8. The van der Waals surface area contributed by atoms with Crippen LogP contribution in [0.15, 0.2) is 29.4 Å². The molecule has 0 unspecified atom stereocenters. The predicted molar refractivity (Wildman–Crippen MR) is 97.9 cm³/mol. The molecule has 136 valence electrons. The second-order valence-electron chi connectivity index (χ2n) is 7.39. The van der Waals surface area contributed by atoms with E-state index >= 15 is 0 Å². The van der Waals surface area contributed by atoms with E-state index in [0.29, 0.717) is 17.5 Å². The van der Waals surface area contributed by atoms with Crippen LogP contribution in [-0.4, -0.2) is 49.1 Å². The van der Waals surface area contributed by atoms with Crippen LogP contribution >= 0.6 is 0 Å². The van der Waals surface area contributed by atoms with Gasteiger partial charge in [-0.05, 0) is 52.2 Å². The number of likely N-dealkylation sites (tertiary alicyclic amines) is 1. The Kier molecular flexibility index (Phi) is 5.13. The fourth-order valence-electron chi connectivity index (χ4n) is 3.03. The highest BCUT2D eigenvalue weighted by molar-refractivity contribution is 7.84. The lowest BCUT2D eigenvalue weighted by Gasteiger charge is -2.36. The fourth-order valence-corrected chi connectivity index (χ4v) is 4.30. The summed E-state index contributed by atoms with van der Waals surface area (Å²) in [5.74, 6) is 0.374. The number of hydrogen-bond acceptors (Lipinski definition) is 4. The summed E-state index contributed by atoms with van der Waals surface area (Å²) in [5, 5.41) is 0.468. The van der Waals surface area contributed by atoms with Crippen LogP contribution in [0, 0.1) is 0 Å². The first-order valence-corrected chi connectivity index (χ1v) is 9.98. The third-order valence-corrected chi connectivity index (χ3v) is 5.49. The van der Waals surface area contributed by atoms with E-state index in [1.54, 1.807) is 4.90 Å². The van der Waals surface area contributed by atoms with Gasteiger partial charge in [0.2, 0.25) is 0 Å². The molecule has 0 bridgehead atoms. The van der Waals surface area contributed by atoms with Crippen LogP contribution in [0.4, 0.5) is 4.79 Å². The molecule has 1 aliphatic heterocycles. The number of fused-ring (bicyclic) bond motifs is 1. The van der Waals surface area contributed by atoms with Gasteiger partial charge in [0.1, 0.15) is 5.60 Å². The highest BCUT2D eigenvalue weighted by Gasteiger charge is 2.32. The normalized spacial score (nSPS) is 19.8. The maximum atomic E-state index is 12.8. The molecule has 1 saturated heterocycles. The number of aromatic amines is 1. The summed E-state index contributed by atoms with van der Waals surface area (Å²) in [5.41, 5.74) is 1.15. The minimum absolute atomic E-state index is 0.0855. The van der Waals surface area contributed by atoms with Crippen molar-refractivity contribution in [2.75, 3.05) is 12.3 Å². The standard InChI is InChI=1S/C18H25N3O3S/c1-18(2,3)24-17(22)21-11-7-6-8-13(21)12-25(23)16-19-14-9-4-5-10-15(14)20-16/h4-5,9-10,13H,6-8,11-12H2,1-3H3,(H,19,20)/t13-,25+/m0/s1. The van der Waals surface area contributed by atoms with Crippen molar-refractivity contribution in [3.63, 3.8) is 0 Å². The van der Waals surface area contributed by atoms with Gasteiger partial charge in [0.25, 0.3) is 0 Å². The predicted octanol–water partition coefficient (Wildman–Crippen LogP) is 3.46. The van der Waals surface area contributed by atoms with E-state index in [1.807, 2.05) is 45.0 Å². The number of hydrogen-bond donors (Lipinski definition) is 1. The van der Waals surface area contributed by atoms with Gasteiger partial charge in [0, 0.05) is 12.6 Å². The van der Waals surface area contributed by atoms with Crippen molar-refractivity contribution >= 4 is 27.9 Å². The average Bonchev–Trinajstić information content (AvgIpc) is 2.98. The summed E-state index contributed by atoms with van der Waals surface area (Å²) in [6.07, 6.45) is 2.50. The Labute approximate surface area is 150 Å². The number of aromatic nitrogens is 2. The van der Waals surface area contributed by atoms with E-state index in [2.05, 4.69) is 9.97 Å². The molecule has 0 spiro atoms. The molecule has 7 heteroatoms. The van der Waals surface area contributed by atoms with Gasteiger partial charge in [-0.1, -0.05) is 12.1 Å². The van der Waals surface area contributed by atoms with E-state index in [0.717, 1.165) is 30.3 Å². The van der Waals surface area contributed by atoms with Gasteiger partial charge in [0.15, 0.2) is 5.16 Å². The molecule has 2 aromatic rings. The maximum Gasteiger partial charge on any atom is 0.410 e. The summed E-state index contributed by atoms with van der Waals surface area (Å²) in [4.78, 5) is 21.7. The lowest BCUT2D eigenvalue weighted by Crippen LogP contribution is -2.48. The van der Waals surface area contributed by atoms with Crippen molar-refractivity contribution in [2.24, 2.45) is 0 Å². The topological polar surface area (TPSA) is 75.3 Å². The van der Waals surface area contributed by atoms with Crippen molar-refractivity contribution in [2.45, 2.75) is 56.8 Å². The summed E-state index contributed by atoms with van der Waals surface area (Å²) < 4.78 is 18.3. The third-order valence-electron chi connectivity index (χ3n) is 4.18. The van der Waals surface area contributed by atoms with Gasteiger partial charge >= 0.3 is 6.09 Å². The zero-order chi connectivity index (χ0) is 18.0. The molecule has 0 radical (unpaired) electrons. The number of para-hydroxylation sites is 2. The van der Waals surface area contributed by atoms with Crippen LogP contribution in [0.1, 0.15) is 40.0 Å². The fraction of sp³-hybridized carbons (Fsp3) is 0.556. The number of nitrogens with zero attached hydrogens (tertiary/aromatic N) is 2. The zero-order valence-electron chi connectivity index (χ0n) is 14.9. The summed E-state index contributed by atoms with van der Waals surface area (Å²) in [6, 6.07) is 7.54. The van der Waals surface area contributed by atoms with E-state index in [1.165, 1.54) is 0 Å². The number of benzene rings is 1. The number of H-pyrrole nitrogens is 1. The number of carbonyl (C=O) groups is 1. The molecule has 1 fully saturated rings. The molecule has 0 aliphatic carbocycles. The summed E-state index contributed by atoms with van der Waals surface area (Å²) in [6.45, 7) is 6.22. The van der Waals surface area contributed by atoms with Crippen LogP contribution < -0.4 is 0 Å². The van der Waals surface area contributed by atoms with Gasteiger partial charge in [-0.2, -0.15) is 0 Å². The Bertz CT molecular complexity index is 748. The van der Waals surface area contributed by atoms with Crippen molar-refractivity contribution in [3.8, 4) is 0 Å². The van der Waals surface area contributed by atoms with Gasteiger partial charge in [-0.25, -0.2) is 9.78 Å². The Morgan fingerprint density at radius 1 is 1.36 bits per heavy atom. The number of carbonyl (C=O) groups excluding carboxylic acids is 1. The largest absolute Gasteiger partial charge is 0.444 e. The first-order valence-electron chi connectivity index (χ1n) is 8.66. The van der Waals surface area contributed by atoms with Gasteiger partial charge < -0.3 is 14.6 Å². The zero-order valence-corrected chi connectivity index (χ0v) is 15.8. The number of nitrogens with one attached hydrogen (secondary N) is 1. The molecule has 1 aromatic carbocycles. The number of amides is 1. The van der Waals surface area contributed by atoms with Crippen molar-refractivity contribution in [1.82, 2.24) is 14.9 Å².